The minimum atomic E-state index is -0.158. The molecule has 2 N–H and O–H groups in total. The second kappa shape index (κ2) is 5.39. The molecule has 15 heavy (non-hydrogen) atoms. The van der Waals surface area contributed by atoms with Crippen LogP contribution < -0.4 is 10.6 Å². The molecule has 2 amide bonds. The molecule has 0 saturated heterocycles. The Hall–Kier alpha value is -1.51. The topological polar surface area (TPSA) is 41.1 Å². The molecule has 0 atom stereocenters. The van der Waals surface area contributed by atoms with E-state index in [1.165, 1.54) is 5.56 Å². The number of carbonyl (C=O) groups is 1. The number of carbonyl (C=O) groups excluding carboxylic acids is 1. The van der Waals surface area contributed by atoms with E-state index >= 15 is 0 Å². The summed E-state index contributed by atoms with van der Waals surface area (Å²) < 4.78 is 0. The van der Waals surface area contributed by atoms with Gasteiger partial charge in [-0.1, -0.05) is 19.1 Å². The molecule has 86 valence electrons. The molecule has 0 heterocycles. The van der Waals surface area contributed by atoms with Gasteiger partial charge in [-0.25, -0.2) is 4.79 Å². The summed E-state index contributed by atoms with van der Waals surface area (Å²) in [7, 11) is 0. The Balaban J connectivity index is 0. The molecule has 0 spiro atoms. The molecule has 0 bridgehead atoms. The molecule has 3 nitrogen and oxygen atoms in total. The first kappa shape index (κ1) is 11.6. The maximum absolute atomic E-state index is 11.4. The van der Waals surface area contributed by atoms with Crippen LogP contribution in [0.3, 0.4) is 0 Å². The van der Waals surface area contributed by atoms with Gasteiger partial charge in [0.05, 0.1) is 0 Å². The van der Waals surface area contributed by atoms with E-state index in [0.29, 0.717) is 0 Å². The van der Waals surface area contributed by atoms with Crippen molar-refractivity contribution in [3.05, 3.63) is 29.8 Å². The Morgan fingerprint density at radius 3 is 2.40 bits per heavy atom. The number of nitrogens with one attached hydrogen (secondary N) is 2. The average Bonchev–Trinajstić information content (AvgIpc) is 2.17. The van der Waals surface area contributed by atoms with Crippen LogP contribution in [0.5, 0.6) is 0 Å². The van der Waals surface area contributed by atoms with Crippen molar-refractivity contribution >= 4 is 11.7 Å². The third kappa shape index (κ3) is 4.02. The van der Waals surface area contributed by atoms with Crippen LogP contribution in [0, 0.1) is 0 Å². The van der Waals surface area contributed by atoms with Crippen molar-refractivity contribution in [1.29, 1.82) is 0 Å². The molecule has 0 radical (unpaired) electrons. The summed E-state index contributed by atoms with van der Waals surface area (Å²) in [5, 5.41) is 5.54. The first-order valence-electron chi connectivity index (χ1n) is 5.28. The number of aryl methyl sites for hydroxylation is 1. The van der Waals surface area contributed by atoms with Gasteiger partial charge in [0.25, 0.3) is 0 Å². The predicted octanol–water partition coefficient (Wildman–Crippen LogP) is 3.27. The van der Waals surface area contributed by atoms with Gasteiger partial charge < -0.3 is 10.6 Å². The Kier molecular flexibility index (Phi) is 4.16. The van der Waals surface area contributed by atoms with E-state index in [2.05, 4.69) is 17.6 Å². The third-order valence-electron chi connectivity index (χ3n) is 2.04. The van der Waals surface area contributed by atoms with Crippen LogP contribution in [-0.4, -0.2) is 12.1 Å². The summed E-state index contributed by atoms with van der Waals surface area (Å²) >= 11 is 0. The Morgan fingerprint density at radius 2 is 1.93 bits per heavy atom. The van der Waals surface area contributed by atoms with E-state index in [-0.39, 0.29) is 14.9 Å². The highest BCUT2D eigenvalue weighted by atomic mass is 16.2. The number of hydrogen-bond acceptors (Lipinski definition) is 1. The zero-order chi connectivity index (χ0) is 11.3. The van der Waals surface area contributed by atoms with E-state index in [4.69, 9.17) is 0 Å². The molecule has 0 aliphatic heterocycles. The van der Waals surface area contributed by atoms with Crippen LogP contribution in [0.25, 0.3) is 0 Å². The lowest BCUT2D eigenvalue weighted by atomic mass is 10.1. The van der Waals surface area contributed by atoms with Crippen LogP contribution in [0.15, 0.2) is 24.3 Å². The Morgan fingerprint density at radius 1 is 1.33 bits per heavy atom. The van der Waals surface area contributed by atoms with Gasteiger partial charge in [-0.3, -0.25) is 0 Å². The normalized spacial score (nSPS) is 10.1. The molecule has 0 aromatic heterocycles. The zero-order valence-electron chi connectivity index (χ0n) is 9.50. The minimum Gasteiger partial charge on any atom is -0.336 e. The molecule has 1 aromatic rings. The summed E-state index contributed by atoms with van der Waals surface area (Å²) in [6.07, 6.45) is 1.01. The van der Waals surface area contributed by atoms with Gasteiger partial charge >= 0.3 is 6.03 Å². The van der Waals surface area contributed by atoms with E-state index in [1.807, 2.05) is 38.1 Å². The van der Waals surface area contributed by atoms with Gasteiger partial charge in [0, 0.05) is 14.6 Å². The first-order valence-corrected chi connectivity index (χ1v) is 5.28. The lowest BCUT2D eigenvalue weighted by Gasteiger charge is -2.10. The second-order valence-electron chi connectivity index (χ2n) is 3.80. The summed E-state index contributed by atoms with van der Waals surface area (Å²) in [5.41, 5.74) is 2.09. The summed E-state index contributed by atoms with van der Waals surface area (Å²) in [5.74, 6) is 0. The van der Waals surface area contributed by atoms with E-state index < -0.39 is 0 Å². The Labute approximate surface area is 93.9 Å². The quantitative estimate of drug-likeness (QED) is 0.789. The van der Waals surface area contributed by atoms with Crippen molar-refractivity contribution in [3.63, 3.8) is 0 Å². The van der Waals surface area contributed by atoms with Crippen LogP contribution in [-0.2, 0) is 6.42 Å². The number of rotatable bonds is 3. The van der Waals surface area contributed by atoms with E-state index in [1.54, 1.807) is 0 Å². The zero-order valence-corrected chi connectivity index (χ0v) is 9.50. The highest BCUT2D eigenvalue weighted by molar-refractivity contribution is 5.89. The van der Waals surface area contributed by atoms with Gasteiger partial charge in [-0.05, 0) is 38.0 Å². The van der Waals surface area contributed by atoms with Crippen LogP contribution in [0.4, 0.5) is 10.5 Å². The standard InChI is InChI=1S/C12H18N2O.2H2/c1-4-10-5-7-11(8-6-10)14-12(15)13-9(2)3;;/h5-9H,4H2,1-3H3,(H2,13,14,15);2*1H. The number of hydrogen-bond donors (Lipinski definition) is 2. The molecule has 1 aromatic carbocycles. The fraction of sp³-hybridized carbons (Fsp3) is 0.417. The first-order chi connectivity index (χ1) is 7.11. The monoisotopic (exact) mass is 210 g/mol. The maximum atomic E-state index is 11.4. The van der Waals surface area contributed by atoms with Gasteiger partial charge in [0.1, 0.15) is 0 Å². The lowest BCUT2D eigenvalue weighted by Crippen LogP contribution is -2.34. The van der Waals surface area contributed by atoms with Crippen molar-refractivity contribution in [1.82, 2.24) is 5.32 Å². The van der Waals surface area contributed by atoms with Crippen molar-refractivity contribution < 1.29 is 7.65 Å². The molecule has 0 aliphatic rings. The van der Waals surface area contributed by atoms with Crippen molar-refractivity contribution in [2.24, 2.45) is 0 Å². The van der Waals surface area contributed by atoms with E-state index in [0.717, 1.165) is 12.1 Å². The highest BCUT2D eigenvalue weighted by Crippen LogP contribution is 2.09. The molecule has 0 fully saturated rings. The number of anilines is 1. The van der Waals surface area contributed by atoms with E-state index in [9.17, 15) is 4.79 Å². The fourth-order valence-corrected chi connectivity index (χ4v) is 1.25. The maximum Gasteiger partial charge on any atom is 0.319 e. The molecule has 1 rings (SSSR count). The smallest absolute Gasteiger partial charge is 0.319 e. The third-order valence-corrected chi connectivity index (χ3v) is 2.04. The number of benzene rings is 1. The second-order valence-corrected chi connectivity index (χ2v) is 3.80. The highest BCUT2D eigenvalue weighted by Gasteiger charge is 2.02. The summed E-state index contributed by atoms with van der Waals surface area (Å²) in [6.45, 7) is 5.97. The van der Waals surface area contributed by atoms with Crippen LogP contribution in [0.2, 0.25) is 0 Å². The van der Waals surface area contributed by atoms with Gasteiger partial charge in [-0.15, -0.1) is 0 Å². The number of amides is 2. The van der Waals surface area contributed by atoms with Crippen LogP contribution >= 0.6 is 0 Å². The SMILES string of the molecule is CCc1ccc(NC(=O)NC(C)C)cc1.[HH].[HH]. The Bertz CT molecular complexity index is 326. The molecule has 0 unspecified atom stereocenters. The van der Waals surface area contributed by atoms with Crippen molar-refractivity contribution in [3.8, 4) is 0 Å². The predicted molar refractivity (Wildman–Crippen MR) is 67.3 cm³/mol. The average molecular weight is 210 g/mol. The number of urea groups is 1. The molecule has 0 saturated carbocycles. The molecular weight excluding hydrogens is 188 g/mol. The van der Waals surface area contributed by atoms with Gasteiger partial charge in [0.15, 0.2) is 0 Å². The molecule has 0 aliphatic carbocycles. The largest absolute Gasteiger partial charge is 0.336 e. The minimum absolute atomic E-state index is 0. The fourth-order valence-electron chi connectivity index (χ4n) is 1.25. The molecular formula is C12H22N2O. The van der Waals surface area contributed by atoms with Gasteiger partial charge in [0.2, 0.25) is 0 Å². The summed E-state index contributed by atoms with van der Waals surface area (Å²) in [6, 6.07) is 7.86. The lowest BCUT2D eigenvalue weighted by molar-refractivity contribution is 0.250. The van der Waals surface area contributed by atoms with Crippen molar-refractivity contribution in [2.45, 2.75) is 33.2 Å². The van der Waals surface area contributed by atoms with Crippen molar-refractivity contribution in [2.75, 3.05) is 5.32 Å². The van der Waals surface area contributed by atoms with Crippen LogP contribution in [0.1, 0.15) is 29.2 Å². The van der Waals surface area contributed by atoms with Gasteiger partial charge in [-0.2, -0.15) is 0 Å². The molecule has 3 heteroatoms. The summed E-state index contributed by atoms with van der Waals surface area (Å²) in [4.78, 5) is 11.4.